The molecule has 0 atom stereocenters. The van der Waals surface area contributed by atoms with Crippen molar-refractivity contribution in [2.75, 3.05) is 26.9 Å². The van der Waals surface area contributed by atoms with E-state index in [0.717, 1.165) is 22.7 Å². The van der Waals surface area contributed by atoms with E-state index in [1.54, 1.807) is 14.0 Å². The van der Waals surface area contributed by atoms with Crippen LogP contribution in [0.4, 0.5) is 0 Å². The number of carbonyl (C=O) groups excluding carboxylic acids is 2. The standard InChI is InChI=1S/C7H12O3.C7H14O2Si/c1-6(2)7(8)10-5-4-9-3;1-3-4-9-7(8)6(2)5-10/h1,4-5H2,2-3H3;2-5H2,1,10H3. The number of rotatable bonds is 8. The molecule has 0 rings (SSSR count). The summed E-state index contributed by atoms with van der Waals surface area (Å²) in [6, 6.07) is 0.808. The first-order valence-corrected chi connectivity index (χ1v) is 7.98. The predicted molar refractivity (Wildman–Crippen MR) is 82.8 cm³/mol. The SMILES string of the molecule is C=C(C)C(=O)OCCOC.C=C(C[SiH3])C(=O)OCCC. The van der Waals surface area contributed by atoms with E-state index in [0.29, 0.717) is 31.0 Å². The lowest BCUT2D eigenvalue weighted by Crippen LogP contribution is -2.09. The Balaban J connectivity index is 0. The lowest BCUT2D eigenvalue weighted by atomic mass is 10.3. The number of esters is 2. The van der Waals surface area contributed by atoms with Gasteiger partial charge in [-0.05, 0) is 19.4 Å². The highest BCUT2D eigenvalue weighted by molar-refractivity contribution is 6.14. The van der Waals surface area contributed by atoms with E-state index >= 15 is 0 Å². The Morgan fingerprint density at radius 1 is 1.05 bits per heavy atom. The van der Waals surface area contributed by atoms with Crippen molar-refractivity contribution in [2.24, 2.45) is 0 Å². The molecule has 0 saturated carbocycles. The molecule has 0 spiro atoms. The highest BCUT2D eigenvalue weighted by Crippen LogP contribution is 1.98. The molecule has 5 nitrogen and oxygen atoms in total. The molecule has 0 N–H and O–H groups in total. The van der Waals surface area contributed by atoms with E-state index in [1.165, 1.54) is 0 Å². The van der Waals surface area contributed by atoms with Gasteiger partial charge in [-0.15, -0.1) is 0 Å². The van der Waals surface area contributed by atoms with Crippen molar-refractivity contribution in [1.82, 2.24) is 0 Å². The van der Waals surface area contributed by atoms with E-state index in [9.17, 15) is 9.59 Å². The minimum absolute atomic E-state index is 0.225. The van der Waals surface area contributed by atoms with Gasteiger partial charge in [0.1, 0.15) is 6.61 Å². The molecule has 0 saturated heterocycles. The molecule has 0 aliphatic heterocycles. The zero-order valence-electron chi connectivity index (χ0n) is 13.0. The van der Waals surface area contributed by atoms with Gasteiger partial charge in [0, 0.05) is 28.5 Å². The van der Waals surface area contributed by atoms with Crippen molar-refractivity contribution >= 4 is 22.2 Å². The normalized spacial score (nSPS) is 9.15. The van der Waals surface area contributed by atoms with Crippen molar-refractivity contribution < 1.29 is 23.8 Å². The Kier molecular flexibility index (Phi) is 14.6. The van der Waals surface area contributed by atoms with Crippen molar-refractivity contribution in [3.8, 4) is 0 Å². The fourth-order valence-electron chi connectivity index (χ4n) is 0.782. The topological polar surface area (TPSA) is 61.8 Å². The third kappa shape index (κ3) is 13.0. The van der Waals surface area contributed by atoms with Crippen LogP contribution < -0.4 is 0 Å². The molecule has 0 unspecified atom stereocenters. The third-order valence-corrected chi connectivity index (χ3v) is 2.88. The first-order valence-electron chi connectivity index (χ1n) is 6.57. The van der Waals surface area contributed by atoms with E-state index in [4.69, 9.17) is 4.74 Å². The lowest BCUT2D eigenvalue weighted by Gasteiger charge is -2.02. The Morgan fingerprint density at radius 3 is 2.00 bits per heavy atom. The lowest BCUT2D eigenvalue weighted by molar-refractivity contribution is -0.140. The maximum Gasteiger partial charge on any atom is 0.333 e. The summed E-state index contributed by atoms with van der Waals surface area (Å²) in [7, 11) is 2.53. The second kappa shape index (κ2) is 14.0. The van der Waals surface area contributed by atoms with Gasteiger partial charge in [0.2, 0.25) is 0 Å². The van der Waals surface area contributed by atoms with E-state index < -0.39 is 0 Å². The molecule has 0 heterocycles. The number of hydrogen-bond donors (Lipinski definition) is 0. The molecular weight excluding hydrogens is 276 g/mol. The molecule has 0 aliphatic carbocycles. The summed E-state index contributed by atoms with van der Waals surface area (Å²) in [5.41, 5.74) is 1.02. The molecular formula is C14H26O5Si. The van der Waals surface area contributed by atoms with Crippen LogP contribution in [-0.2, 0) is 23.8 Å². The number of hydrogen-bond acceptors (Lipinski definition) is 5. The molecule has 0 aromatic carbocycles. The van der Waals surface area contributed by atoms with E-state index in [1.807, 2.05) is 6.92 Å². The van der Waals surface area contributed by atoms with Gasteiger partial charge in [-0.1, -0.05) is 20.1 Å². The number of methoxy groups -OCH3 is 1. The van der Waals surface area contributed by atoms with Crippen molar-refractivity contribution in [3.05, 3.63) is 24.3 Å². The van der Waals surface area contributed by atoms with Crippen molar-refractivity contribution in [1.29, 1.82) is 0 Å². The average Bonchev–Trinajstić information content (AvgIpc) is 2.44. The molecule has 0 aromatic rings. The smallest absolute Gasteiger partial charge is 0.333 e. The fraction of sp³-hybridized carbons (Fsp3) is 0.571. The van der Waals surface area contributed by atoms with Gasteiger partial charge in [0.25, 0.3) is 0 Å². The molecule has 0 aliphatic rings. The molecule has 116 valence electrons. The first-order chi connectivity index (χ1) is 9.40. The fourth-order valence-corrected chi connectivity index (χ4v) is 1.07. The maximum atomic E-state index is 10.8. The van der Waals surface area contributed by atoms with Gasteiger partial charge < -0.3 is 14.2 Å². The van der Waals surface area contributed by atoms with Crippen LogP contribution in [0, 0.1) is 0 Å². The summed E-state index contributed by atoms with van der Waals surface area (Å²) in [6.45, 7) is 11.8. The molecule has 0 aromatic heterocycles. The van der Waals surface area contributed by atoms with Gasteiger partial charge in [0.05, 0.1) is 13.2 Å². The summed E-state index contributed by atoms with van der Waals surface area (Å²) in [5, 5.41) is 0. The van der Waals surface area contributed by atoms with Crippen molar-refractivity contribution in [3.63, 3.8) is 0 Å². The Morgan fingerprint density at radius 2 is 1.60 bits per heavy atom. The average molecular weight is 302 g/mol. The van der Waals surface area contributed by atoms with Crippen LogP contribution in [0.15, 0.2) is 24.3 Å². The summed E-state index contributed by atoms with van der Waals surface area (Å²) >= 11 is 0. The number of carbonyl (C=O) groups is 2. The molecule has 0 amide bonds. The molecule has 6 heteroatoms. The Hall–Kier alpha value is -1.40. The largest absolute Gasteiger partial charge is 0.462 e. The highest BCUT2D eigenvalue weighted by Gasteiger charge is 2.03. The molecule has 20 heavy (non-hydrogen) atoms. The molecule has 0 radical (unpaired) electrons. The van der Waals surface area contributed by atoms with Crippen LogP contribution in [0.25, 0.3) is 0 Å². The summed E-state index contributed by atoms with van der Waals surface area (Å²) in [6.07, 6.45) is 0.875. The van der Waals surface area contributed by atoms with Gasteiger partial charge in [-0.3, -0.25) is 0 Å². The minimum Gasteiger partial charge on any atom is -0.462 e. The predicted octanol–water partition coefficient (Wildman–Crippen LogP) is 1.03. The molecule has 0 bridgehead atoms. The summed E-state index contributed by atoms with van der Waals surface area (Å²) in [5.74, 6) is -0.589. The zero-order chi connectivity index (χ0) is 16.0. The van der Waals surface area contributed by atoms with E-state index in [-0.39, 0.29) is 11.9 Å². The third-order valence-electron chi connectivity index (χ3n) is 2.02. The van der Waals surface area contributed by atoms with Crippen LogP contribution >= 0.6 is 0 Å². The van der Waals surface area contributed by atoms with Crippen LogP contribution in [-0.4, -0.2) is 49.1 Å². The first kappa shape index (κ1) is 20.9. The quantitative estimate of drug-likeness (QED) is 0.290. The van der Waals surface area contributed by atoms with Crippen LogP contribution in [0.5, 0.6) is 0 Å². The zero-order valence-corrected chi connectivity index (χ0v) is 15.0. The molecule has 0 fully saturated rings. The van der Waals surface area contributed by atoms with E-state index in [2.05, 4.69) is 22.6 Å². The highest BCUT2D eigenvalue weighted by atomic mass is 28.1. The minimum atomic E-state index is -0.364. The van der Waals surface area contributed by atoms with Gasteiger partial charge in [0.15, 0.2) is 0 Å². The van der Waals surface area contributed by atoms with Gasteiger partial charge in [-0.25, -0.2) is 9.59 Å². The van der Waals surface area contributed by atoms with Crippen LogP contribution in [0.2, 0.25) is 6.04 Å². The van der Waals surface area contributed by atoms with Crippen molar-refractivity contribution in [2.45, 2.75) is 26.3 Å². The Labute approximate surface area is 124 Å². The van der Waals surface area contributed by atoms with Crippen LogP contribution in [0.3, 0.4) is 0 Å². The van der Waals surface area contributed by atoms with Gasteiger partial charge in [-0.2, -0.15) is 0 Å². The maximum absolute atomic E-state index is 10.8. The second-order valence-corrected chi connectivity index (χ2v) is 4.71. The Bertz CT molecular complexity index is 324. The summed E-state index contributed by atoms with van der Waals surface area (Å²) in [4.78, 5) is 21.5. The second-order valence-electron chi connectivity index (χ2n) is 4.00. The van der Waals surface area contributed by atoms with Gasteiger partial charge >= 0.3 is 11.9 Å². The monoisotopic (exact) mass is 302 g/mol. The number of ether oxygens (including phenoxy) is 3. The summed E-state index contributed by atoms with van der Waals surface area (Å²) < 4.78 is 14.2. The van der Waals surface area contributed by atoms with Crippen LogP contribution in [0.1, 0.15) is 20.3 Å².